The molecule has 0 spiro atoms. The molecule has 0 unspecified atom stereocenters. The number of nitrogens with one attached hydrogen (secondary N) is 4. The smallest absolute Gasteiger partial charge is 0.326 e. The second kappa shape index (κ2) is 16.4. The molecule has 1 rings (SSSR count). The van der Waals surface area contributed by atoms with Crippen molar-refractivity contribution in [1.82, 2.24) is 21.3 Å². The molecular weight excluding hydrogens is 528 g/mol. The summed E-state index contributed by atoms with van der Waals surface area (Å²) in [7, 11) is 0. The molecule has 5 atom stereocenters. The Balaban J connectivity index is 2.87. The molecule has 0 saturated carbocycles. The van der Waals surface area contributed by atoms with Crippen LogP contribution in [0.15, 0.2) is 30.3 Å². The van der Waals surface area contributed by atoms with Crippen molar-refractivity contribution in [2.24, 2.45) is 11.5 Å². The lowest BCUT2D eigenvalue weighted by Gasteiger charge is -2.24. The van der Waals surface area contributed by atoms with Crippen molar-refractivity contribution in [3.05, 3.63) is 35.9 Å². The third-order valence-electron chi connectivity index (χ3n) is 5.72. The molecule has 0 saturated heterocycles. The van der Waals surface area contributed by atoms with Crippen molar-refractivity contribution in [3.63, 3.8) is 0 Å². The van der Waals surface area contributed by atoms with Crippen molar-refractivity contribution in [1.29, 1.82) is 0 Å². The molecule has 0 aromatic heterocycles. The fraction of sp³-hybridized carbons (Fsp3) is 0.480. The van der Waals surface area contributed by atoms with Gasteiger partial charge in [0.15, 0.2) is 0 Å². The lowest BCUT2D eigenvalue weighted by Crippen LogP contribution is -2.57. The summed E-state index contributed by atoms with van der Waals surface area (Å²) in [6.45, 7) is 2.68. The first kappa shape index (κ1) is 33.5. The molecule has 0 heterocycles. The first-order chi connectivity index (χ1) is 18.7. The summed E-state index contributed by atoms with van der Waals surface area (Å²) in [5, 5.41) is 27.6. The minimum absolute atomic E-state index is 0.0120. The molecule has 1 aromatic carbocycles. The summed E-state index contributed by atoms with van der Waals surface area (Å²) in [4.78, 5) is 83.8. The van der Waals surface area contributed by atoms with Gasteiger partial charge in [-0.25, -0.2) is 4.79 Å². The van der Waals surface area contributed by atoms with Gasteiger partial charge in [0.2, 0.25) is 29.5 Å². The fourth-order valence-corrected chi connectivity index (χ4v) is 3.37. The van der Waals surface area contributed by atoms with Gasteiger partial charge in [0.05, 0.1) is 6.04 Å². The van der Waals surface area contributed by atoms with Gasteiger partial charge in [-0.3, -0.25) is 28.8 Å². The van der Waals surface area contributed by atoms with Crippen LogP contribution in [0.4, 0.5) is 0 Å². The third-order valence-corrected chi connectivity index (χ3v) is 5.72. The van der Waals surface area contributed by atoms with E-state index in [1.807, 2.05) is 0 Å². The van der Waals surface area contributed by atoms with Gasteiger partial charge in [-0.2, -0.15) is 0 Å². The zero-order chi connectivity index (χ0) is 30.4. The van der Waals surface area contributed by atoms with Crippen molar-refractivity contribution >= 4 is 41.5 Å². The molecule has 220 valence electrons. The maximum absolute atomic E-state index is 13.0. The molecule has 5 amide bonds. The van der Waals surface area contributed by atoms with Crippen molar-refractivity contribution in [3.8, 4) is 0 Å². The summed E-state index contributed by atoms with van der Waals surface area (Å²) < 4.78 is 0. The molecule has 1 aromatic rings. The van der Waals surface area contributed by atoms with Gasteiger partial charge in [0, 0.05) is 19.3 Å². The van der Waals surface area contributed by atoms with Crippen molar-refractivity contribution in [2.75, 3.05) is 0 Å². The van der Waals surface area contributed by atoms with E-state index in [0.29, 0.717) is 5.56 Å². The van der Waals surface area contributed by atoms with Gasteiger partial charge in [0.25, 0.3) is 0 Å². The van der Waals surface area contributed by atoms with Crippen LogP contribution in [-0.4, -0.2) is 81.9 Å². The van der Waals surface area contributed by atoms with E-state index in [9.17, 15) is 38.7 Å². The number of amides is 5. The van der Waals surface area contributed by atoms with Gasteiger partial charge in [-0.15, -0.1) is 0 Å². The molecule has 15 heteroatoms. The topological polar surface area (TPSA) is 260 Å². The summed E-state index contributed by atoms with van der Waals surface area (Å²) in [5.74, 6) is -6.36. The van der Waals surface area contributed by atoms with Crippen LogP contribution in [0, 0.1) is 0 Å². The monoisotopic (exact) mass is 564 g/mol. The summed E-state index contributed by atoms with van der Waals surface area (Å²) in [5.41, 5.74) is 11.4. The van der Waals surface area contributed by atoms with Gasteiger partial charge in [-0.05, 0) is 32.3 Å². The van der Waals surface area contributed by atoms with Crippen LogP contribution in [0.1, 0.15) is 45.1 Å². The number of carbonyl (C=O) groups excluding carboxylic acids is 5. The summed E-state index contributed by atoms with van der Waals surface area (Å²) >= 11 is 0. The van der Waals surface area contributed by atoms with Crippen LogP contribution in [-0.2, 0) is 40.0 Å². The molecule has 0 aliphatic heterocycles. The molecule has 40 heavy (non-hydrogen) atoms. The van der Waals surface area contributed by atoms with E-state index in [1.165, 1.54) is 13.8 Å². The second-order valence-corrected chi connectivity index (χ2v) is 9.15. The molecule has 0 aliphatic carbocycles. The maximum atomic E-state index is 13.0. The van der Waals surface area contributed by atoms with E-state index < -0.39 is 71.7 Å². The summed E-state index contributed by atoms with van der Waals surface area (Å²) in [6, 6.07) is 2.45. The first-order valence-corrected chi connectivity index (χ1v) is 12.4. The van der Waals surface area contributed by atoms with Crippen molar-refractivity contribution in [2.45, 2.75) is 76.2 Å². The first-order valence-electron chi connectivity index (χ1n) is 12.4. The number of primary amides is 1. The predicted molar refractivity (Wildman–Crippen MR) is 140 cm³/mol. The SMILES string of the molecule is C[C@H](NC(=O)[C@H](C)NC(=O)[C@@H](N)CCC(=O)O)C(=O)N[C@@H](Cc1ccccc1)C(=O)N[C@@H](CCC(N)=O)C(=O)O. The molecule has 15 nitrogen and oxygen atoms in total. The average Bonchev–Trinajstić information content (AvgIpc) is 2.88. The Kier molecular flexibility index (Phi) is 13.8. The minimum atomic E-state index is -1.43. The van der Waals surface area contributed by atoms with Gasteiger partial charge >= 0.3 is 11.9 Å². The van der Waals surface area contributed by atoms with E-state index in [0.717, 1.165) is 0 Å². The number of nitrogens with two attached hydrogens (primary N) is 2. The Bertz CT molecular complexity index is 1080. The molecule has 0 bridgehead atoms. The highest BCUT2D eigenvalue weighted by atomic mass is 16.4. The van der Waals surface area contributed by atoms with E-state index in [4.69, 9.17) is 16.6 Å². The highest BCUT2D eigenvalue weighted by Crippen LogP contribution is 2.06. The average molecular weight is 565 g/mol. The number of hydrogen-bond donors (Lipinski definition) is 8. The Morgan fingerprint density at radius 3 is 1.77 bits per heavy atom. The summed E-state index contributed by atoms with van der Waals surface area (Å²) in [6.07, 6.45) is -1.01. The van der Waals surface area contributed by atoms with E-state index in [1.54, 1.807) is 30.3 Å². The highest BCUT2D eigenvalue weighted by molar-refractivity contribution is 5.95. The normalized spacial score (nSPS) is 14.4. The van der Waals surface area contributed by atoms with Crippen LogP contribution in [0.5, 0.6) is 0 Å². The third kappa shape index (κ3) is 12.3. The molecule has 0 aliphatic rings. The number of aliphatic carboxylic acids is 2. The predicted octanol–water partition coefficient (Wildman–Crippen LogP) is -2.25. The number of carboxylic acids is 2. The molecular formula is C25H36N6O9. The van der Waals surface area contributed by atoms with Gasteiger partial charge in [-0.1, -0.05) is 30.3 Å². The lowest BCUT2D eigenvalue weighted by atomic mass is 10.0. The van der Waals surface area contributed by atoms with E-state index >= 15 is 0 Å². The second-order valence-electron chi connectivity index (χ2n) is 9.15. The van der Waals surface area contributed by atoms with Crippen LogP contribution in [0.2, 0.25) is 0 Å². The number of benzene rings is 1. The Morgan fingerprint density at radius 2 is 1.25 bits per heavy atom. The number of carboxylic acid groups (broad SMARTS) is 2. The van der Waals surface area contributed by atoms with Crippen molar-refractivity contribution < 1.29 is 43.8 Å². The standard InChI is InChI=1S/C25H36N6O9/c1-13(29-23(37)16(26)8-11-20(33)34)21(35)28-14(2)22(36)31-18(12-15-6-4-3-5-7-15)24(38)30-17(25(39)40)9-10-19(27)32/h3-7,13-14,16-18H,8-12,26H2,1-2H3,(H2,27,32)(H,28,35)(H,29,37)(H,30,38)(H,31,36)(H,33,34)(H,39,40)/t13-,14-,16-,17-,18-/m0/s1. The largest absolute Gasteiger partial charge is 0.481 e. The highest BCUT2D eigenvalue weighted by Gasteiger charge is 2.29. The van der Waals surface area contributed by atoms with E-state index in [-0.39, 0.29) is 32.1 Å². The zero-order valence-corrected chi connectivity index (χ0v) is 22.2. The number of rotatable bonds is 17. The van der Waals surface area contributed by atoms with Crippen LogP contribution in [0.25, 0.3) is 0 Å². The fourth-order valence-electron chi connectivity index (χ4n) is 3.37. The maximum Gasteiger partial charge on any atom is 0.326 e. The van der Waals surface area contributed by atoms with Gasteiger partial charge in [0.1, 0.15) is 24.2 Å². The lowest BCUT2D eigenvalue weighted by molar-refractivity contribution is -0.142. The quantitative estimate of drug-likeness (QED) is 0.101. The Morgan fingerprint density at radius 1 is 0.725 bits per heavy atom. The number of hydrogen-bond acceptors (Lipinski definition) is 8. The zero-order valence-electron chi connectivity index (χ0n) is 22.2. The van der Waals surface area contributed by atoms with Crippen LogP contribution in [0.3, 0.4) is 0 Å². The Hall–Kier alpha value is -4.53. The van der Waals surface area contributed by atoms with Crippen LogP contribution < -0.4 is 32.7 Å². The molecule has 0 fully saturated rings. The number of carbonyl (C=O) groups is 7. The Labute approximate surface area is 230 Å². The molecule has 10 N–H and O–H groups in total. The minimum Gasteiger partial charge on any atom is -0.481 e. The molecule has 0 radical (unpaired) electrons. The van der Waals surface area contributed by atoms with Crippen LogP contribution >= 0.6 is 0 Å². The van der Waals surface area contributed by atoms with Gasteiger partial charge < -0.3 is 42.9 Å². The van der Waals surface area contributed by atoms with E-state index in [2.05, 4.69) is 21.3 Å².